The summed E-state index contributed by atoms with van der Waals surface area (Å²) in [4.78, 5) is 4.54. The Bertz CT molecular complexity index is 681. The van der Waals surface area contributed by atoms with Gasteiger partial charge in [-0.3, -0.25) is 4.99 Å². The molecule has 0 saturated carbocycles. The first-order chi connectivity index (χ1) is 10.0. The number of benzene rings is 2. The van der Waals surface area contributed by atoms with Crippen molar-refractivity contribution in [3.8, 4) is 11.5 Å². The minimum absolute atomic E-state index is 0.182. The van der Waals surface area contributed by atoms with Gasteiger partial charge in [-0.15, -0.1) is 0 Å². The van der Waals surface area contributed by atoms with Crippen LogP contribution in [0.4, 0.5) is 5.69 Å². The van der Waals surface area contributed by atoms with Crippen molar-refractivity contribution in [2.75, 3.05) is 6.61 Å². The summed E-state index contributed by atoms with van der Waals surface area (Å²) in [5, 5.41) is 9.94. The molecule has 110 valence electrons. The van der Waals surface area contributed by atoms with E-state index in [1.165, 1.54) is 11.1 Å². The van der Waals surface area contributed by atoms with Crippen LogP contribution >= 0.6 is 22.6 Å². The SMILES string of the molecule is CCOc1cc(C=Nc2cccc(C)c2C)cc(I)c1O. The Morgan fingerprint density at radius 3 is 2.76 bits per heavy atom. The van der Waals surface area contributed by atoms with Crippen molar-refractivity contribution in [3.63, 3.8) is 0 Å². The normalized spacial score (nSPS) is 11.0. The van der Waals surface area contributed by atoms with Gasteiger partial charge in [0.25, 0.3) is 0 Å². The van der Waals surface area contributed by atoms with E-state index in [2.05, 4.69) is 47.5 Å². The van der Waals surface area contributed by atoms with Crippen LogP contribution in [0.15, 0.2) is 35.3 Å². The predicted molar refractivity (Wildman–Crippen MR) is 95.2 cm³/mol. The van der Waals surface area contributed by atoms with Crippen LogP contribution in [0.25, 0.3) is 0 Å². The van der Waals surface area contributed by atoms with Crippen LogP contribution in [-0.2, 0) is 0 Å². The summed E-state index contributed by atoms with van der Waals surface area (Å²) >= 11 is 2.09. The van der Waals surface area contributed by atoms with Crippen LogP contribution in [0.2, 0.25) is 0 Å². The molecule has 0 aliphatic carbocycles. The third-order valence-corrected chi connectivity index (χ3v) is 4.10. The van der Waals surface area contributed by atoms with Crippen LogP contribution in [-0.4, -0.2) is 17.9 Å². The Balaban J connectivity index is 2.35. The molecule has 4 heteroatoms. The van der Waals surface area contributed by atoms with E-state index in [4.69, 9.17) is 4.74 Å². The highest BCUT2D eigenvalue weighted by molar-refractivity contribution is 14.1. The lowest BCUT2D eigenvalue weighted by Gasteiger charge is -2.08. The van der Waals surface area contributed by atoms with Gasteiger partial charge < -0.3 is 9.84 Å². The predicted octanol–water partition coefficient (Wildman–Crippen LogP) is 4.76. The zero-order chi connectivity index (χ0) is 15.4. The Hall–Kier alpha value is -1.56. The van der Waals surface area contributed by atoms with Crippen molar-refractivity contribution < 1.29 is 9.84 Å². The monoisotopic (exact) mass is 395 g/mol. The summed E-state index contributed by atoms with van der Waals surface area (Å²) in [7, 11) is 0. The maximum Gasteiger partial charge on any atom is 0.171 e. The van der Waals surface area contributed by atoms with Crippen molar-refractivity contribution in [2.45, 2.75) is 20.8 Å². The quantitative estimate of drug-likeness (QED) is 0.599. The molecule has 1 N–H and O–H groups in total. The van der Waals surface area contributed by atoms with Gasteiger partial charge in [0, 0.05) is 6.21 Å². The zero-order valence-corrected chi connectivity index (χ0v) is 14.5. The van der Waals surface area contributed by atoms with Crippen molar-refractivity contribution in [2.24, 2.45) is 4.99 Å². The number of rotatable bonds is 4. The molecule has 0 aromatic heterocycles. The molecule has 0 bridgehead atoms. The number of aromatic hydroxyl groups is 1. The van der Waals surface area contributed by atoms with Crippen molar-refractivity contribution in [3.05, 3.63) is 50.6 Å². The number of aryl methyl sites for hydroxylation is 1. The first-order valence-corrected chi connectivity index (χ1v) is 7.86. The molecule has 0 atom stereocenters. The Morgan fingerprint density at radius 1 is 1.29 bits per heavy atom. The highest BCUT2D eigenvalue weighted by Crippen LogP contribution is 2.32. The largest absolute Gasteiger partial charge is 0.504 e. The van der Waals surface area contributed by atoms with E-state index in [0.29, 0.717) is 12.4 Å². The van der Waals surface area contributed by atoms with E-state index >= 15 is 0 Å². The zero-order valence-electron chi connectivity index (χ0n) is 12.4. The maximum atomic E-state index is 9.94. The van der Waals surface area contributed by atoms with Crippen LogP contribution in [0.3, 0.4) is 0 Å². The minimum atomic E-state index is 0.182. The number of hydrogen-bond donors (Lipinski definition) is 1. The number of aliphatic imine (C=N–C) groups is 1. The van der Waals surface area contributed by atoms with E-state index in [1.54, 1.807) is 12.3 Å². The van der Waals surface area contributed by atoms with Gasteiger partial charge in [-0.05, 0) is 78.3 Å². The fraction of sp³-hybridized carbons (Fsp3) is 0.235. The van der Waals surface area contributed by atoms with Gasteiger partial charge in [0.15, 0.2) is 11.5 Å². The van der Waals surface area contributed by atoms with Crippen LogP contribution in [0, 0.1) is 17.4 Å². The number of halogens is 1. The molecule has 0 heterocycles. The lowest BCUT2D eigenvalue weighted by Crippen LogP contribution is -1.95. The number of phenols is 1. The minimum Gasteiger partial charge on any atom is -0.504 e. The van der Waals surface area contributed by atoms with Gasteiger partial charge in [0.05, 0.1) is 15.9 Å². The van der Waals surface area contributed by atoms with Crippen LogP contribution in [0.1, 0.15) is 23.6 Å². The Kier molecular flexibility index (Phi) is 5.22. The summed E-state index contributed by atoms with van der Waals surface area (Å²) in [6.07, 6.45) is 1.80. The highest BCUT2D eigenvalue weighted by Gasteiger charge is 2.08. The molecular formula is C17H18INO2. The molecule has 0 unspecified atom stereocenters. The van der Waals surface area contributed by atoms with Gasteiger partial charge in [-0.25, -0.2) is 0 Å². The van der Waals surface area contributed by atoms with E-state index in [-0.39, 0.29) is 5.75 Å². The molecule has 0 saturated heterocycles. The van der Waals surface area contributed by atoms with Gasteiger partial charge in [0.1, 0.15) is 0 Å². The fourth-order valence-corrected chi connectivity index (χ4v) is 2.58. The molecule has 2 aromatic carbocycles. The second-order valence-corrected chi connectivity index (χ2v) is 5.92. The summed E-state index contributed by atoms with van der Waals surface area (Å²) in [5.74, 6) is 0.674. The highest BCUT2D eigenvalue weighted by atomic mass is 127. The molecule has 0 radical (unpaired) electrons. The van der Waals surface area contributed by atoms with Gasteiger partial charge in [0.2, 0.25) is 0 Å². The third-order valence-electron chi connectivity index (χ3n) is 3.28. The smallest absolute Gasteiger partial charge is 0.171 e. The number of nitrogens with zero attached hydrogens (tertiary/aromatic N) is 1. The van der Waals surface area contributed by atoms with E-state index in [9.17, 15) is 5.11 Å². The molecule has 0 spiro atoms. The van der Waals surface area contributed by atoms with Gasteiger partial charge >= 0.3 is 0 Å². The molecular weight excluding hydrogens is 377 g/mol. The molecule has 0 aliphatic heterocycles. The number of hydrogen-bond acceptors (Lipinski definition) is 3. The average Bonchev–Trinajstić information content (AvgIpc) is 2.46. The van der Waals surface area contributed by atoms with Gasteiger partial charge in [-0.1, -0.05) is 12.1 Å². The van der Waals surface area contributed by atoms with Gasteiger partial charge in [-0.2, -0.15) is 0 Å². The maximum absolute atomic E-state index is 9.94. The van der Waals surface area contributed by atoms with Crippen molar-refractivity contribution in [1.29, 1.82) is 0 Å². The summed E-state index contributed by atoms with van der Waals surface area (Å²) in [6, 6.07) is 9.75. The lowest BCUT2D eigenvalue weighted by molar-refractivity contribution is 0.317. The fourth-order valence-electron chi connectivity index (χ4n) is 1.95. The summed E-state index contributed by atoms with van der Waals surface area (Å²) in [6.45, 7) is 6.55. The molecule has 0 amide bonds. The molecule has 2 aromatic rings. The number of phenolic OH excluding ortho intramolecular Hbond substituents is 1. The summed E-state index contributed by atoms with van der Waals surface area (Å²) in [5.41, 5.74) is 4.25. The van der Waals surface area contributed by atoms with Crippen molar-refractivity contribution in [1.82, 2.24) is 0 Å². The Morgan fingerprint density at radius 2 is 2.05 bits per heavy atom. The summed E-state index contributed by atoms with van der Waals surface area (Å²) < 4.78 is 6.19. The second-order valence-electron chi connectivity index (χ2n) is 4.76. The molecule has 0 aliphatic rings. The van der Waals surface area contributed by atoms with E-state index in [0.717, 1.165) is 14.8 Å². The molecule has 2 rings (SSSR count). The number of ether oxygens (including phenoxy) is 1. The average molecular weight is 395 g/mol. The molecule has 0 fully saturated rings. The molecule has 3 nitrogen and oxygen atoms in total. The topological polar surface area (TPSA) is 41.8 Å². The molecule has 21 heavy (non-hydrogen) atoms. The van der Waals surface area contributed by atoms with Crippen LogP contribution in [0.5, 0.6) is 11.5 Å². The second kappa shape index (κ2) is 6.93. The van der Waals surface area contributed by atoms with E-state index in [1.807, 2.05) is 25.1 Å². The van der Waals surface area contributed by atoms with E-state index < -0.39 is 0 Å². The first-order valence-electron chi connectivity index (χ1n) is 6.78. The first kappa shape index (κ1) is 15.8. The standard InChI is InChI=1S/C17H18INO2/c1-4-21-16-9-13(8-14(18)17(16)20)10-19-15-7-5-6-11(2)12(15)3/h5-10,20H,4H2,1-3H3. The third kappa shape index (κ3) is 3.75. The van der Waals surface area contributed by atoms with Crippen LogP contribution < -0.4 is 4.74 Å². The van der Waals surface area contributed by atoms with Crippen molar-refractivity contribution >= 4 is 34.5 Å². The Labute approximate surface area is 138 Å². The lowest BCUT2D eigenvalue weighted by atomic mass is 10.1.